The molecule has 2 N–H and O–H groups in total. The van der Waals surface area contributed by atoms with Gasteiger partial charge in [-0.2, -0.15) is 0 Å². The van der Waals surface area contributed by atoms with Crippen LogP contribution < -0.4 is 5.73 Å². The average Bonchev–Trinajstić information content (AvgIpc) is 2.45. The van der Waals surface area contributed by atoms with Gasteiger partial charge in [0.15, 0.2) is 0 Å². The number of imidazole rings is 1. The van der Waals surface area contributed by atoms with Gasteiger partial charge < -0.3 is 5.73 Å². The minimum atomic E-state index is 0.454. The third-order valence-corrected chi connectivity index (χ3v) is 3.00. The minimum absolute atomic E-state index is 0.454. The molecule has 2 aromatic rings. The molecule has 0 bridgehead atoms. The Morgan fingerprint density at radius 1 is 1.47 bits per heavy atom. The zero-order valence-electron chi connectivity index (χ0n) is 8.04. The number of hydrogen-bond acceptors (Lipinski definition) is 2. The highest BCUT2D eigenvalue weighted by atomic mass is 127. The van der Waals surface area contributed by atoms with E-state index in [1.54, 1.807) is 4.57 Å². The zero-order chi connectivity index (χ0) is 11.0. The Kier molecular flexibility index (Phi) is 2.88. The van der Waals surface area contributed by atoms with E-state index in [2.05, 4.69) is 27.6 Å². The van der Waals surface area contributed by atoms with Crippen molar-refractivity contribution in [3.8, 4) is 5.69 Å². The fraction of sp³-hybridized carbons (Fsp3) is 0.100. The molecule has 0 aliphatic carbocycles. The van der Waals surface area contributed by atoms with Crippen molar-refractivity contribution in [3.05, 3.63) is 38.7 Å². The molecule has 0 fully saturated rings. The van der Waals surface area contributed by atoms with Crippen LogP contribution in [0, 0.1) is 10.5 Å². The number of aryl methyl sites for hydroxylation is 1. The number of hydrogen-bond donors (Lipinski definition) is 1. The highest BCUT2D eigenvalue weighted by Gasteiger charge is 2.07. The Morgan fingerprint density at radius 2 is 2.20 bits per heavy atom. The largest absolute Gasteiger partial charge is 0.369 e. The summed E-state index contributed by atoms with van der Waals surface area (Å²) in [6.07, 6.45) is 1.86. The van der Waals surface area contributed by atoms with Crippen molar-refractivity contribution in [1.29, 1.82) is 0 Å². The Balaban J connectivity index is 2.59. The van der Waals surface area contributed by atoms with E-state index in [0.717, 1.165) is 15.0 Å². The molecule has 1 aromatic carbocycles. The lowest BCUT2D eigenvalue weighted by molar-refractivity contribution is 1.07. The highest BCUT2D eigenvalue weighted by molar-refractivity contribution is 14.1. The van der Waals surface area contributed by atoms with Gasteiger partial charge in [0.05, 0.1) is 16.4 Å². The van der Waals surface area contributed by atoms with Crippen molar-refractivity contribution < 1.29 is 0 Å². The molecule has 78 valence electrons. The molecule has 15 heavy (non-hydrogen) atoms. The molecule has 0 aliphatic rings. The van der Waals surface area contributed by atoms with Crippen LogP contribution in [0.4, 0.5) is 5.95 Å². The van der Waals surface area contributed by atoms with Crippen molar-refractivity contribution in [2.75, 3.05) is 5.73 Å². The first-order valence-corrected chi connectivity index (χ1v) is 5.80. The summed E-state index contributed by atoms with van der Waals surface area (Å²) in [5.74, 6) is 0.454. The molecule has 0 atom stereocenters. The number of rotatable bonds is 1. The summed E-state index contributed by atoms with van der Waals surface area (Å²) in [5.41, 5.74) is 7.51. The van der Waals surface area contributed by atoms with Crippen LogP contribution in [0.3, 0.4) is 0 Å². The van der Waals surface area contributed by atoms with Crippen LogP contribution in [0.2, 0.25) is 5.02 Å². The smallest absolute Gasteiger partial charge is 0.205 e. The van der Waals surface area contributed by atoms with Crippen LogP contribution in [0.25, 0.3) is 5.69 Å². The zero-order valence-corrected chi connectivity index (χ0v) is 11.0. The van der Waals surface area contributed by atoms with E-state index >= 15 is 0 Å². The SMILES string of the molecule is Cc1cn(-c2ccc(I)cc2Cl)c(N)n1. The van der Waals surface area contributed by atoms with Gasteiger partial charge in [0.1, 0.15) is 0 Å². The fourth-order valence-electron chi connectivity index (χ4n) is 1.39. The second-order valence-corrected chi connectivity index (χ2v) is 4.86. The summed E-state index contributed by atoms with van der Waals surface area (Å²) in [4.78, 5) is 4.13. The van der Waals surface area contributed by atoms with E-state index in [0.29, 0.717) is 11.0 Å². The van der Waals surface area contributed by atoms with Gasteiger partial charge in [0.25, 0.3) is 0 Å². The van der Waals surface area contributed by atoms with E-state index in [4.69, 9.17) is 17.3 Å². The molecule has 1 aromatic heterocycles. The normalized spacial score (nSPS) is 10.6. The Hall–Kier alpha value is -0.750. The first-order chi connectivity index (χ1) is 7.08. The van der Waals surface area contributed by atoms with Crippen molar-refractivity contribution in [2.45, 2.75) is 6.92 Å². The Labute approximate surface area is 106 Å². The van der Waals surface area contributed by atoms with Gasteiger partial charge in [-0.1, -0.05) is 11.6 Å². The fourth-order valence-corrected chi connectivity index (χ4v) is 2.33. The van der Waals surface area contributed by atoms with E-state index < -0.39 is 0 Å². The van der Waals surface area contributed by atoms with E-state index in [1.165, 1.54) is 0 Å². The predicted octanol–water partition coefficient (Wildman–Crippen LogP) is 3.02. The molecule has 1 heterocycles. The third-order valence-electron chi connectivity index (χ3n) is 2.02. The molecular weight excluding hydrogens is 324 g/mol. The molecule has 0 aliphatic heterocycles. The molecule has 0 amide bonds. The van der Waals surface area contributed by atoms with Crippen LogP contribution in [0.5, 0.6) is 0 Å². The van der Waals surface area contributed by atoms with Crippen molar-refractivity contribution in [2.24, 2.45) is 0 Å². The Bertz CT molecular complexity index is 507. The summed E-state index contributed by atoms with van der Waals surface area (Å²) in [6, 6.07) is 5.81. The highest BCUT2D eigenvalue weighted by Crippen LogP contribution is 2.24. The van der Waals surface area contributed by atoms with Gasteiger partial charge in [-0.15, -0.1) is 0 Å². The average molecular weight is 334 g/mol. The maximum Gasteiger partial charge on any atom is 0.205 e. The van der Waals surface area contributed by atoms with Crippen LogP contribution in [0.15, 0.2) is 24.4 Å². The molecule has 0 spiro atoms. The molecule has 0 saturated carbocycles. The van der Waals surface area contributed by atoms with Crippen molar-refractivity contribution in [1.82, 2.24) is 9.55 Å². The van der Waals surface area contributed by atoms with Crippen LogP contribution in [-0.4, -0.2) is 9.55 Å². The number of nitrogens with two attached hydrogens (primary N) is 1. The molecule has 2 rings (SSSR count). The second kappa shape index (κ2) is 4.02. The first-order valence-electron chi connectivity index (χ1n) is 4.35. The van der Waals surface area contributed by atoms with Gasteiger partial charge >= 0.3 is 0 Å². The molecule has 0 radical (unpaired) electrons. The topological polar surface area (TPSA) is 43.8 Å². The van der Waals surface area contributed by atoms with Gasteiger partial charge in [0.2, 0.25) is 5.95 Å². The van der Waals surface area contributed by atoms with Crippen LogP contribution in [0.1, 0.15) is 5.69 Å². The maximum atomic E-state index is 6.14. The lowest BCUT2D eigenvalue weighted by atomic mass is 10.3. The second-order valence-electron chi connectivity index (χ2n) is 3.21. The van der Waals surface area contributed by atoms with Crippen molar-refractivity contribution >= 4 is 40.1 Å². The number of anilines is 1. The monoisotopic (exact) mass is 333 g/mol. The molecule has 3 nitrogen and oxygen atoms in total. The number of halogens is 2. The number of nitrogens with zero attached hydrogens (tertiary/aromatic N) is 2. The lowest BCUT2D eigenvalue weighted by Crippen LogP contribution is -2.00. The van der Waals surface area contributed by atoms with E-state index in [9.17, 15) is 0 Å². The third kappa shape index (κ3) is 2.10. The molecule has 5 heteroatoms. The summed E-state index contributed by atoms with van der Waals surface area (Å²) in [7, 11) is 0. The summed E-state index contributed by atoms with van der Waals surface area (Å²) in [5, 5.41) is 0.672. The number of benzene rings is 1. The van der Waals surface area contributed by atoms with Crippen LogP contribution in [-0.2, 0) is 0 Å². The van der Waals surface area contributed by atoms with Gasteiger partial charge in [-0.3, -0.25) is 4.57 Å². The lowest BCUT2D eigenvalue weighted by Gasteiger charge is -2.06. The number of aromatic nitrogens is 2. The van der Waals surface area contributed by atoms with Crippen molar-refractivity contribution in [3.63, 3.8) is 0 Å². The maximum absolute atomic E-state index is 6.14. The van der Waals surface area contributed by atoms with Gasteiger partial charge in [-0.05, 0) is 47.7 Å². The summed E-state index contributed by atoms with van der Waals surface area (Å²) in [6.45, 7) is 1.90. The van der Waals surface area contributed by atoms with Gasteiger partial charge in [-0.25, -0.2) is 4.98 Å². The number of nitrogen functional groups attached to an aromatic ring is 1. The van der Waals surface area contributed by atoms with Crippen LogP contribution >= 0.6 is 34.2 Å². The molecule has 0 saturated heterocycles. The van der Waals surface area contributed by atoms with Gasteiger partial charge in [0, 0.05) is 9.77 Å². The summed E-state index contributed by atoms with van der Waals surface area (Å²) >= 11 is 8.35. The van der Waals surface area contributed by atoms with E-state index in [-0.39, 0.29) is 0 Å². The first kappa shape index (κ1) is 10.8. The quantitative estimate of drug-likeness (QED) is 0.815. The standard InChI is InChI=1S/C10H9ClIN3/c1-6-5-15(10(13)14-6)9-3-2-7(12)4-8(9)11/h2-5H,1H3,(H2,13,14). The summed E-state index contributed by atoms with van der Waals surface area (Å²) < 4.78 is 2.88. The minimum Gasteiger partial charge on any atom is -0.369 e. The molecule has 0 unspecified atom stereocenters. The Morgan fingerprint density at radius 3 is 2.73 bits per heavy atom. The molecular formula is C10H9ClIN3. The predicted molar refractivity (Wildman–Crippen MR) is 70.4 cm³/mol. The van der Waals surface area contributed by atoms with E-state index in [1.807, 2.05) is 31.3 Å².